The molecule has 0 atom stereocenters. The molecule has 0 amide bonds. The van der Waals surface area contributed by atoms with Gasteiger partial charge in [0.05, 0.1) is 15.7 Å². The largest absolute Gasteiger partial charge is 0.505 e. The second kappa shape index (κ2) is 7.03. The Morgan fingerprint density at radius 1 is 1.08 bits per heavy atom. The summed E-state index contributed by atoms with van der Waals surface area (Å²) in [4.78, 5) is 6.08. The number of halogens is 2. The molecule has 0 aliphatic carbocycles. The topological polar surface area (TPSA) is 62.1 Å². The van der Waals surface area contributed by atoms with Crippen LogP contribution in [-0.2, 0) is 6.54 Å². The van der Waals surface area contributed by atoms with E-state index in [0.717, 1.165) is 11.4 Å². The zero-order chi connectivity index (χ0) is 17.1. The number of rotatable bonds is 4. The van der Waals surface area contributed by atoms with Gasteiger partial charge >= 0.3 is 0 Å². The van der Waals surface area contributed by atoms with Crippen molar-refractivity contribution in [3.8, 4) is 17.0 Å². The summed E-state index contributed by atoms with van der Waals surface area (Å²) < 4.78 is 0. The van der Waals surface area contributed by atoms with Crippen molar-refractivity contribution in [2.45, 2.75) is 6.54 Å². The van der Waals surface area contributed by atoms with Crippen molar-refractivity contribution in [2.24, 2.45) is 0 Å². The number of phenols is 1. The minimum Gasteiger partial charge on any atom is -0.505 e. The number of nitrogens with zero attached hydrogens (tertiary/aromatic N) is 4. The summed E-state index contributed by atoms with van der Waals surface area (Å²) in [6.45, 7) is 0.679. The Labute approximate surface area is 149 Å². The van der Waals surface area contributed by atoms with Crippen LogP contribution in [0.1, 0.15) is 5.56 Å². The summed E-state index contributed by atoms with van der Waals surface area (Å²) in [7, 11) is 1.94. The van der Waals surface area contributed by atoms with Gasteiger partial charge in [-0.3, -0.25) is 4.98 Å². The zero-order valence-corrected chi connectivity index (χ0v) is 14.3. The Kier molecular flexibility index (Phi) is 4.83. The predicted octanol–water partition coefficient (Wildman–Crippen LogP) is 4.19. The number of phenolic OH excluding ortho intramolecular Hbond substituents is 1. The van der Waals surface area contributed by atoms with E-state index in [0.29, 0.717) is 17.8 Å². The summed E-state index contributed by atoms with van der Waals surface area (Å²) in [5, 5.41) is 18.4. The van der Waals surface area contributed by atoms with E-state index >= 15 is 0 Å². The molecule has 0 saturated heterocycles. The Morgan fingerprint density at radius 2 is 1.83 bits per heavy atom. The molecule has 24 heavy (non-hydrogen) atoms. The third-order valence-electron chi connectivity index (χ3n) is 3.50. The SMILES string of the molecule is CN(Cc1cccnc1)c1ccc(-c2cc(Cl)c(O)c(Cl)c2)nn1. The first-order chi connectivity index (χ1) is 11.5. The van der Waals surface area contributed by atoms with E-state index in [1.807, 2.05) is 42.4 Å². The third-order valence-corrected chi connectivity index (χ3v) is 4.07. The Balaban J connectivity index is 1.80. The fourth-order valence-corrected chi connectivity index (χ4v) is 2.73. The molecule has 0 spiro atoms. The van der Waals surface area contributed by atoms with Crippen molar-refractivity contribution in [2.75, 3.05) is 11.9 Å². The highest BCUT2D eigenvalue weighted by molar-refractivity contribution is 6.37. The second-order valence-corrected chi connectivity index (χ2v) is 6.10. The molecule has 1 N–H and O–H groups in total. The zero-order valence-electron chi connectivity index (χ0n) is 12.8. The highest BCUT2D eigenvalue weighted by atomic mass is 35.5. The van der Waals surface area contributed by atoms with Gasteiger partial charge in [-0.05, 0) is 35.9 Å². The molecule has 0 aliphatic rings. The first-order valence-corrected chi connectivity index (χ1v) is 7.92. The summed E-state index contributed by atoms with van der Waals surface area (Å²) >= 11 is 11.9. The fraction of sp³-hybridized carbons (Fsp3) is 0.118. The lowest BCUT2D eigenvalue weighted by Gasteiger charge is -2.17. The van der Waals surface area contributed by atoms with Crippen LogP contribution < -0.4 is 4.90 Å². The number of hydrogen-bond acceptors (Lipinski definition) is 5. The van der Waals surface area contributed by atoms with Gasteiger partial charge in [-0.1, -0.05) is 29.3 Å². The van der Waals surface area contributed by atoms with Gasteiger partial charge < -0.3 is 10.0 Å². The molecular formula is C17H14Cl2N4O. The number of benzene rings is 1. The van der Waals surface area contributed by atoms with Crippen molar-refractivity contribution in [3.63, 3.8) is 0 Å². The van der Waals surface area contributed by atoms with E-state index in [-0.39, 0.29) is 15.8 Å². The van der Waals surface area contributed by atoms with Crippen LogP contribution in [0.2, 0.25) is 10.0 Å². The van der Waals surface area contributed by atoms with Crippen molar-refractivity contribution in [1.29, 1.82) is 0 Å². The van der Waals surface area contributed by atoms with Crippen molar-refractivity contribution >= 4 is 29.0 Å². The quantitative estimate of drug-likeness (QED) is 0.755. The maximum Gasteiger partial charge on any atom is 0.152 e. The minimum atomic E-state index is -0.136. The molecule has 0 fully saturated rings. The molecule has 3 rings (SSSR count). The van der Waals surface area contributed by atoms with Crippen LogP contribution in [-0.4, -0.2) is 27.3 Å². The standard InChI is InChI=1S/C17H14Cl2N4O/c1-23(10-11-3-2-6-20-9-11)16-5-4-15(21-22-16)12-7-13(18)17(24)14(19)8-12/h2-9,24H,10H2,1H3. The third kappa shape index (κ3) is 3.58. The summed E-state index contributed by atoms with van der Waals surface area (Å²) in [5.41, 5.74) is 2.40. The van der Waals surface area contributed by atoms with Gasteiger partial charge in [-0.25, -0.2) is 0 Å². The first kappa shape index (κ1) is 16.5. The van der Waals surface area contributed by atoms with Crippen molar-refractivity contribution in [3.05, 3.63) is 64.4 Å². The molecular weight excluding hydrogens is 347 g/mol. The smallest absolute Gasteiger partial charge is 0.152 e. The number of aromatic hydroxyl groups is 1. The molecule has 1 aromatic carbocycles. The summed E-state index contributed by atoms with van der Waals surface area (Å²) in [5.74, 6) is 0.599. The van der Waals surface area contributed by atoms with E-state index in [4.69, 9.17) is 23.2 Å². The van der Waals surface area contributed by atoms with Crippen LogP contribution in [0.15, 0.2) is 48.8 Å². The lowest BCUT2D eigenvalue weighted by Crippen LogP contribution is -2.18. The Morgan fingerprint density at radius 3 is 2.42 bits per heavy atom. The van der Waals surface area contributed by atoms with Crippen LogP contribution in [0.4, 0.5) is 5.82 Å². The molecule has 122 valence electrons. The maximum absolute atomic E-state index is 9.62. The van der Waals surface area contributed by atoms with E-state index < -0.39 is 0 Å². The van der Waals surface area contributed by atoms with E-state index in [9.17, 15) is 5.11 Å². The fourth-order valence-electron chi connectivity index (χ4n) is 2.24. The van der Waals surface area contributed by atoms with Crippen LogP contribution in [0.25, 0.3) is 11.3 Å². The Bertz CT molecular complexity index is 818. The van der Waals surface area contributed by atoms with Crippen LogP contribution in [0.3, 0.4) is 0 Å². The predicted molar refractivity (Wildman–Crippen MR) is 95.5 cm³/mol. The van der Waals surface area contributed by atoms with Crippen LogP contribution in [0, 0.1) is 0 Å². The number of aromatic nitrogens is 3. The lowest BCUT2D eigenvalue weighted by molar-refractivity contribution is 0.476. The molecule has 2 heterocycles. The average molecular weight is 361 g/mol. The van der Waals surface area contributed by atoms with Gasteiger partial charge in [0.15, 0.2) is 11.6 Å². The molecule has 0 radical (unpaired) electrons. The Hall–Kier alpha value is -2.37. The van der Waals surface area contributed by atoms with Gasteiger partial charge in [-0.2, -0.15) is 0 Å². The highest BCUT2D eigenvalue weighted by Crippen LogP contribution is 2.35. The minimum absolute atomic E-state index is 0.136. The molecule has 0 saturated carbocycles. The van der Waals surface area contributed by atoms with E-state index in [1.54, 1.807) is 18.3 Å². The summed E-state index contributed by atoms with van der Waals surface area (Å²) in [6, 6.07) is 10.8. The number of pyridine rings is 1. The average Bonchev–Trinajstić information content (AvgIpc) is 2.60. The van der Waals surface area contributed by atoms with Crippen LogP contribution >= 0.6 is 23.2 Å². The molecule has 7 heteroatoms. The summed E-state index contributed by atoms with van der Waals surface area (Å²) in [6.07, 6.45) is 3.56. The first-order valence-electron chi connectivity index (χ1n) is 7.17. The monoisotopic (exact) mass is 360 g/mol. The van der Waals surface area contributed by atoms with Gasteiger partial charge in [0, 0.05) is 31.5 Å². The van der Waals surface area contributed by atoms with Gasteiger partial charge in [0.1, 0.15) is 0 Å². The van der Waals surface area contributed by atoms with Gasteiger partial charge in [0.25, 0.3) is 0 Å². The van der Waals surface area contributed by atoms with E-state index in [2.05, 4.69) is 15.2 Å². The lowest BCUT2D eigenvalue weighted by atomic mass is 10.1. The molecule has 2 aromatic heterocycles. The maximum atomic E-state index is 9.62. The highest BCUT2D eigenvalue weighted by Gasteiger charge is 2.10. The van der Waals surface area contributed by atoms with Gasteiger partial charge in [-0.15, -0.1) is 10.2 Å². The molecule has 3 aromatic rings. The molecule has 0 unspecified atom stereocenters. The normalized spacial score (nSPS) is 10.6. The molecule has 0 bridgehead atoms. The number of anilines is 1. The molecule has 0 aliphatic heterocycles. The van der Waals surface area contributed by atoms with Crippen molar-refractivity contribution < 1.29 is 5.11 Å². The van der Waals surface area contributed by atoms with Crippen molar-refractivity contribution in [1.82, 2.24) is 15.2 Å². The molecule has 5 nitrogen and oxygen atoms in total. The van der Waals surface area contributed by atoms with Crippen LogP contribution in [0.5, 0.6) is 5.75 Å². The number of hydrogen-bond donors (Lipinski definition) is 1. The second-order valence-electron chi connectivity index (χ2n) is 5.28. The van der Waals surface area contributed by atoms with E-state index in [1.165, 1.54) is 0 Å². The van der Waals surface area contributed by atoms with Gasteiger partial charge in [0.2, 0.25) is 0 Å².